The Labute approximate surface area is 147 Å². The lowest BCUT2D eigenvalue weighted by atomic mass is 10.0. The molecule has 2 rings (SSSR count). The second-order valence-corrected chi connectivity index (χ2v) is 7.02. The molecule has 1 atom stereocenters. The van der Waals surface area contributed by atoms with Crippen molar-refractivity contribution in [1.29, 1.82) is 0 Å². The monoisotopic (exact) mass is 334 g/mol. The molecule has 1 saturated heterocycles. The molecule has 0 spiro atoms. The Bertz CT molecular complexity index is 454. The highest BCUT2D eigenvalue weighted by Crippen LogP contribution is 2.26. The van der Waals surface area contributed by atoms with Crippen molar-refractivity contribution in [3.63, 3.8) is 0 Å². The molecule has 0 saturated carbocycles. The molecular weight excluding hydrogens is 300 g/mol. The fourth-order valence-corrected chi connectivity index (χ4v) is 3.12. The second kappa shape index (κ2) is 10.7. The fraction of sp³-hybridized carbons (Fsp3) is 0.714. The predicted molar refractivity (Wildman–Crippen MR) is 98.4 cm³/mol. The van der Waals surface area contributed by atoms with E-state index in [9.17, 15) is 5.11 Å². The molecule has 1 N–H and O–H groups in total. The van der Waals surface area contributed by atoms with Crippen LogP contribution in [0.5, 0.6) is 5.75 Å². The number of hydrogen-bond donors (Lipinski definition) is 1. The molecule has 24 heavy (non-hydrogen) atoms. The van der Waals surface area contributed by atoms with Gasteiger partial charge in [-0.2, -0.15) is 0 Å². The average molecular weight is 335 g/mol. The maximum absolute atomic E-state index is 9.97. The van der Waals surface area contributed by atoms with Crippen LogP contribution in [-0.4, -0.2) is 24.1 Å². The molecule has 0 bridgehead atoms. The Morgan fingerprint density at radius 1 is 1.00 bits per heavy atom. The summed E-state index contributed by atoms with van der Waals surface area (Å²) in [5, 5.41) is 9.97. The van der Waals surface area contributed by atoms with Crippen molar-refractivity contribution < 1.29 is 14.6 Å². The van der Waals surface area contributed by atoms with Gasteiger partial charge in [-0.05, 0) is 24.5 Å². The summed E-state index contributed by atoms with van der Waals surface area (Å²) in [6.45, 7) is 3.11. The summed E-state index contributed by atoms with van der Waals surface area (Å²) in [6, 6.07) is 8.17. The van der Waals surface area contributed by atoms with Gasteiger partial charge in [0.2, 0.25) is 5.79 Å². The van der Waals surface area contributed by atoms with Crippen molar-refractivity contribution in [3.8, 4) is 5.75 Å². The summed E-state index contributed by atoms with van der Waals surface area (Å²) in [5.41, 5.74) is 1.24. The first-order valence-electron chi connectivity index (χ1n) is 9.80. The molecule has 3 nitrogen and oxygen atoms in total. The van der Waals surface area contributed by atoms with E-state index in [0.29, 0.717) is 13.0 Å². The molecular formula is C21H34O3. The van der Waals surface area contributed by atoms with Gasteiger partial charge in [-0.1, -0.05) is 76.5 Å². The number of ether oxygens (including phenoxy) is 2. The molecule has 0 radical (unpaired) electrons. The molecule has 1 aromatic carbocycles. The zero-order chi connectivity index (χ0) is 17.1. The van der Waals surface area contributed by atoms with Gasteiger partial charge in [0.25, 0.3) is 0 Å². The molecule has 1 unspecified atom stereocenters. The number of aliphatic hydroxyl groups is 1. The Morgan fingerprint density at radius 3 is 2.25 bits per heavy atom. The molecule has 1 fully saturated rings. The third-order valence-corrected chi connectivity index (χ3v) is 4.84. The quantitative estimate of drug-likeness (QED) is 0.501. The molecule has 0 amide bonds. The average Bonchev–Trinajstić information content (AvgIpc) is 2.57. The highest BCUT2D eigenvalue weighted by Gasteiger charge is 2.37. The smallest absolute Gasteiger partial charge is 0.202 e. The fourth-order valence-electron chi connectivity index (χ4n) is 3.12. The largest absolute Gasteiger partial charge is 0.488 e. The standard InChI is InChI=1S/C21H34O3/c1-2-3-4-5-6-7-8-9-10-13-19-14-11-12-15-20(19)23-18-21(22)16-17-24-21/h11-12,14-15,22H,2-10,13,16-18H2,1H3. The van der Waals surface area contributed by atoms with Gasteiger partial charge in [0.05, 0.1) is 6.61 Å². The van der Waals surface area contributed by atoms with Crippen molar-refractivity contribution in [3.05, 3.63) is 29.8 Å². The van der Waals surface area contributed by atoms with Gasteiger partial charge in [-0.25, -0.2) is 0 Å². The van der Waals surface area contributed by atoms with Crippen LogP contribution in [0, 0.1) is 0 Å². The normalized spacial score (nSPS) is 19.9. The Morgan fingerprint density at radius 2 is 1.62 bits per heavy atom. The van der Waals surface area contributed by atoms with E-state index >= 15 is 0 Å². The van der Waals surface area contributed by atoms with Gasteiger partial charge in [0.15, 0.2) is 0 Å². The van der Waals surface area contributed by atoms with Crippen LogP contribution in [0.2, 0.25) is 0 Å². The first-order valence-corrected chi connectivity index (χ1v) is 9.80. The van der Waals surface area contributed by atoms with Crippen LogP contribution in [0.15, 0.2) is 24.3 Å². The number of hydrogen-bond acceptors (Lipinski definition) is 3. The van der Waals surface area contributed by atoms with Gasteiger partial charge in [-0.3, -0.25) is 0 Å². The number of unbranched alkanes of at least 4 members (excludes halogenated alkanes) is 8. The maximum Gasteiger partial charge on any atom is 0.202 e. The van der Waals surface area contributed by atoms with Crippen LogP contribution < -0.4 is 4.74 Å². The van der Waals surface area contributed by atoms with Crippen LogP contribution in [0.3, 0.4) is 0 Å². The van der Waals surface area contributed by atoms with E-state index in [-0.39, 0.29) is 6.61 Å². The van der Waals surface area contributed by atoms with Crippen molar-refractivity contribution in [2.45, 2.75) is 83.3 Å². The molecule has 1 aliphatic heterocycles. The molecule has 3 heteroatoms. The van der Waals surface area contributed by atoms with E-state index in [4.69, 9.17) is 9.47 Å². The minimum absolute atomic E-state index is 0.224. The minimum atomic E-state index is -1.06. The molecule has 1 aliphatic rings. The third kappa shape index (κ3) is 6.82. The summed E-state index contributed by atoms with van der Waals surface area (Å²) in [6.07, 6.45) is 13.8. The van der Waals surface area contributed by atoms with E-state index in [2.05, 4.69) is 19.1 Å². The maximum atomic E-state index is 9.97. The molecule has 136 valence electrons. The van der Waals surface area contributed by atoms with E-state index in [1.807, 2.05) is 12.1 Å². The predicted octanol–water partition coefficient (Wildman–Crippen LogP) is 5.25. The zero-order valence-electron chi connectivity index (χ0n) is 15.3. The molecule has 1 heterocycles. The van der Waals surface area contributed by atoms with Crippen molar-refractivity contribution in [1.82, 2.24) is 0 Å². The Balaban J connectivity index is 1.60. The highest BCUT2D eigenvalue weighted by molar-refractivity contribution is 5.33. The van der Waals surface area contributed by atoms with Crippen LogP contribution in [0.4, 0.5) is 0 Å². The first kappa shape index (κ1) is 19.3. The van der Waals surface area contributed by atoms with Crippen LogP contribution >= 0.6 is 0 Å². The van der Waals surface area contributed by atoms with Crippen molar-refractivity contribution in [2.75, 3.05) is 13.2 Å². The number of aryl methyl sites for hydroxylation is 1. The van der Waals surface area contributed by atoms with Gasteiger partial charge < -0.3 is 14.6 Å². The molecule has 0 aliphatic carbocycles. The lowest BCUT2D eigenvalue weighted by molar-refractivity contribution is -0.292. The van der Waals surface area contributed by atoms with Gasteiger partial charge in [-0.15, -0.1) is 0 Å². The van der Waals surface area contributed by atoms with Crippen LogP contribution in [-0.2, 0) is 11.2 Å². The van der Waals surface area contributed by atoms with E-state index in [0.717, 1.165) is 12.2 Å². The Hall–Kier alpha value is -1.06. The topological polar surface area (TPSA) is 38.7 Å². The highest BCUT2D eigenvalue weighted by atomic mass is 16.7. The van der Waals surface area contributed by atoms with E-state index in [1.165, 1.54) is 63.4 Å². The van der Waals surface area contributed by atoms with Crippen LogP contribution in [0.1, 0.15) is 76.7 Å². The molecule has 1 aromatic rings. The third-order valence-electron chi connectivity index (χ3n) is 4.84. The summed E-state index contributed by atoms with van der Waals surface area (Å²) < 4.78 is 11.0. The van der Waals surface area contributed by atoms with Gasteiger partial charge in [0.1, 0.15) is 12.4 Å². The minimum Gasteiger partial charge on any atom is -0.488 e. The SMILES string of the molecule is CCCCCCCCCCCc1ccccc1OCC1(O)CCO1. The lowest BCUT2D eigenvalue weighted by Crippen LogP contribution is -2.48. The van der Waals surface area contributed by atoms with Gasteiger partial charge >= 0.3 is 0 Å². The van der Waals surface area contributed by atoms with Crippen molar-refractivity contribution in [2.24, 2.45) is 0 Å². The first-order chi connectivity index (χ1) is 11.7. The number of benzene rings is 1. The van der Waals surface area contributed by atoms with Gasteiger partial charge in [0, 0.05) is 6.42 Å². The summed E-state index contributed by atoms with van der Waals surface area (Å²) in [5.74, 6) is -0.175. The number of rotatable bonds is 13. The van der Waals surface area contributed by atoms with Crippen LogP contribution in [0.25, 0.3) is 0 Å². The van der Waals surface area contributed by atoms with E-state index < -0.39 is 5.79 Å². The summed E-state index contributed by atoms with van der Waals surface area (Å²) >= 11 is 0. The molecule has 0 aromatic heterocycles. The summed E-state index contributed by atoms with van der Waals surface area (Å²) in [7, 11) is 0. The lowest BCUT2D eigenvalue weighted by Gasteiger charge is -2.36. The zero-order valence-corrected chi connectivity index (χ0v) is 15.3. The van der Waals surface area contributed by atoms with Crippen molar-refractivity contribution >= 4 is 0 Å². The second-order valence-electron chi connectivity index (χ2n) is 7.02. The van der Waals surface area contributed by atoms with E-state index in [1.54, 1.807) is 0 Å². The summed E-state index contributed by atoms with van der Waals surface area (Å²) in [4.78, 5) is 0. The number of para-hydroxylation sites is 1. The Kier molecular flexibility index (Phi) is 8.62.